The van der Waals surface area contributed by atoms with E-state index < -0.39 is 0 Å². The topological polar surface area (TPSA) is 87.6 Å². The summed E-state index contributed by atoms with van der Waals surface area (Å²) in [6.07, 6.45) is 3.75. The molecule has 0 amide bonds. The molecule has 1 unspecified atom stereocenters. The van der Waals surface area contributed by atoms with Crippen molar-refractivity contribution in [2.24, 2.45) is 0 Å². The van der Waals surface area contributed by atoms with Crippen LogP contribution in [-0.4, -0.2) is 38.9 Å². The standard InChI is InChI=1S/C16H18N6O/c23-16-19-10-20-22(16)14-8-11-4-1-2-6-13(11)15(21-14)18-9-12-5-3-7-17-12/h1-2,4,6,8,10,12,17H,3,5,7,9H2,(H,18,21)(H,19,20,23). The van der Waals surface area contributed by atoms with Crippen molar-refractivity contribution in [3.63, 3.8) is 0 Å². The van der Waals surface area contributed by atoms with Gasteiger partial charge < -0.3 is 10.6 Å². The number of aromatic amines is 1. The number of hydrogen-bond acceptors (Lipinski definition) is 5. The maximum atomic E-state index is 11.8. The Labute approximate surface area is 132 Å². The van der Waals surface area contributed by atoms with Gasteiger partial charge in [-0.05, 0) is 30.8 Å². The van der Waals surface area contributed by atoms with Gasteiger partial charge in [0, 0.05) is 18.0 Å². The van der Waals surface area contributed by atoms with Gasteiger partial charge in [0.05, 0.1) is 0 Å². The Kier molecular flexibility index (Phi) is 3.55. The van der Waals surface area contributed by atoms with Gasteiger partial charge >= 0.3 is 5.69 Å². The summed E-state index contributed by atoms with van der Waals surface area (Å²) in [6.45, 7) is 1.89. The van der Waals surface area contributed by atoms with Crippen LogP contribution in [0.5, 0.6) is 0 Å². The smallest absolute Gasteiger partial charge is 0.349 e. The summed E-state index contributed by atoms with van der Waals surface area (Å²) < 4.78 is 1.27. The number of anilines is 1. The zero-order chi connectivity index (χ0) is 15.6. The van der Waals surface area contributed by atoms with Crippen LogP contribution in [0.2, 0.25) is 0 Å². The van der Waals surface area contributed by atoms with Crippen LogP contribution in [0.3, 0.4) is 0 Å². The fourth-order valence-electron chi connectivity index (χ4n) is 3.00. The van der Waals surface area contributed by atoms with Crippen LogP contribution in [-0.2, 0) is 0 Å². The van der Waals surface area contributed by atoms with Gasteiger partial charge in [-0.1, -0.05) is 24.3 Å². The van der Waals surface area contributed by atoms with E-state index in [0.29, 0.717) is 11.9 Å². The zero-order valence-corrected chi connectivity index (χ0v) is 12.6. The lowest BCUT2D eigenvalue weighted by Crippen LogP contribution is -2.29. The van der Waals surface area contributed by atoms with E-state index in [1.807, 2.05) is 30.3 Å². The number of rotatable bonds is 4. The highest BCUT2D eigenvalue weighted by molar-refractivity contribution is 5.93. The molecule has 1 aromatic carbocycles. The molecule has 4 rings (SSSR count). The molecule has 0 saturated carbocycles. The van der Waals surface area contributed by atoms with Gasteiger partial charge in [-0.15, -0.1) is 0 Å². The van der Waals surface area contributed by atoms with Gasteiger partial charge in [0.15, 0.2) is 5.82 Å². The fraction of sp³-hybridized carbons (Fsp3) is 0.312. The van der Waals surface area contributed by atoms with Gasteiger partial charge in [0.25, 0.3) is 0 Å². The van der Waals surface area contributed by atoms with Crippen molar-refractivity contribution >= 4 is 16.6 Å². The molecule has 3 aromatic rings. The monoisotopic (exact) mass is 310 g/mol. The molecule has 0 spiro atoms. The molecule has 7 nitrogen and oxygen atoms in total. The molecule has 0 bridgehead atoms. The number of hydrogen-bond donors (Lipinski definition) is 3. The van der Waals surface area contributed by atoms with Gasteiger partial charge in [-0.2, -0.15) is 9.78 Å². The second kappa shape index (κ2) is 5.85. The molecule has 3 N–H and O–H groups in total. The summed E-state index contributed by atoms with van der Waals surface area (Å²) in [6, 6.07) is 10.3. The number of aromatic nitrogens is 4. The average molecular weight is 310 g/mol. The van der Waals surface area contributed by atoms with Crippen molar-refractivity contribution in [3.8, 4) is 5.82 Å². The Hall–Kier alpha value is -2.67. The third kappa shape index (κ3) is 2.70. The van der Waals surface area contributed by atoms with Gasteiger partial charge in [-0.25, -0.2) is 9.78 Å². The van der Waals surface area contributed by atoms with Crippen LogP contribution in [0, 0.1) is 0 Å². The van der Waals surface area contributed by atoms with E-state index >= 15 is 0 Å². The van der Waals surface area contributed by atoms with E-state index in [0.717, 1.165) is 29.7 Å². The normalized spacial score (nSPS) is 17.7. The molecule has 3 heterocycles. The first-order chi connectivity index (χ1) is 11.3. The molecule has 1 aliphatic rings. The summed E-state index contributed by atoms with van der Waals surface area (Å²) in [5.41, 5.74) is -0.295. The van der Waals surface area contributed by atoms with Crippen LogP contribution in [0.15, 0.2) is 41.5 Å². The summed E-state index contributed by atoms with van der Waals surface area (Å²) >= 11 is 0. The van der Waals surface area contributed by atoms with Crippen molar-refractivity contribution in [3.05, 3.63) is 47.1 Å². The van der Waals surface area contributed by atoms with E-state index in [2.05, 4.69) is 25.7 Å². The highest BCUT2D eigenvalue weighted by Gasteiger charge is 2.15. The second-order valence-electron chi connectivity index (χ2n) is 5.73. The molecule has 1 saturated heterocycles. The Morgan fingerprint density at radius 2 is 2.26 bits per heavy atom. The summed E-state index contributed by atoms with van der Waals surface area (Å²) in [7, 11) is 0. The SMILES string of the molecule is O=c1[nH]cnn1-c1cc2ccccc2c(NCC2CCCN2)n1. The minimum absolute atomic E-state index is 0.295. The lowest BCUT2D eigenvalue weighted by molar-refractivity contribution is 0.632. The fourth-order valence-corrected chi connectivity index (χ4v) is 3.00. The number of H-pyrrole nitrogens is 1. The van der Waals surface area contributed by atoms with E-state index in [9.17, 15) is 4.79 Å². The van der Waals surface area contributed by atoms with Crippen molar-refractivity contribution in [1.82, 2.24) is 25.1 Å². The van der Waals surface area contributed by atoms with Crippen LogP contribution in [0.1, 0.15) is 12.8 Å². The second-order valence-corrected chi connectivity index (χ2v) is 5.73. The highest BCUT2D eigenvalue weighted by Crippen LogP contribution is 2.23. The zero-order valence-electron chi connectivity index (χ0n) is 12.6. The van der Waals surface area contributed by atoms with E-state index in [4.69, 9.17) is 0 Å². The molecule has 7 heteroatoms. The highest BCUT2D eigenvalue weighted by atomic mass is 16.1. The third-order valence-corrected chi connectivity index (χ3v) is 4.18. The summed E-state index contributed by atoms with van der Waals surface area (Å²) in [5, 5.41) is 13.0. The molecule has 1 fully saturated rings. The first kappa shape index (κ1) is 14.0. The number of benzene rings is 1. The Morgan fingerprint density at radius 1 is 1.35 bits per heavy atom. The van der Waals surface area contributed by atoms with Crippen LogP contribution in [0.25, 0.3) is 16.6 Å². The minimum Gasteiger partial charge on any atom is -0.368 e. The Bertz CT molecular complexity index is 877. The van der Waals surface area contributed by atoms with Crippen molar-refractivity contribution in [2.75, 3.05) is 18.4 Å². The molecule has 0 aliphatic carbocycles. The van der Waals surface area contributed by atoms with Crippen LogP contribution in [0.4, 0.5) is 5.82 Å². The first-order valence-electron chi connectivity index (χ1n) is 7.81. The molecule has 23 heavy (non-hydrogen) atoms. The number of fused-ring (bicyclic) bond motifs is 1. The largest absolute Gasteiger partial charge is 0.368 e. The van der Waals surface area contributed by atoms with E-state index in [-0.39, 0.29) is 5.69 Å². The van der Waals surface area contributed by atoms with Gasteiger partial charge in [-0.3, -0.25) is 4.98 Å². The van der Waals surface area contributed by atoms with Gasteiger partial charge in [0.1, 0.15) is 12.1 Å². The summed E-state index contributed by atoms with van der Waals surface area (Å²) in [4.78, 5) is 19.0. The number of nitrogens with zero attached hydrogens (tertiary/aromatic N) is 3. The molecule has 1 atom stereocenters. The minimum atomic E-state index is -0.295. The number of nitrogens with one attached hydrogen (secondary N) is 3. The maximum absolute atomic E-state index is 11.8. The molecule has 0 radical (unpaired) electrons. The molecule has 1 aliphatic heterocycles. The van der Waals surface area contributed by atoms with Crippen LogP contribution >= 0.6 is 0 Å². The maximum Gasteiger partial charge on any atom is 0.349 e. The molecular formula is C16H18N6O. The molecule has 118 valence electrons. The first-order valence-corrected chi connectivity index (χ1v) is 7.81. The Morgan fingerprint density at radius 3 is 3.04 bits per heavy atom. The quantitative estimate of drug-likeness (QED) is 0.675. The van der Waals surface area contributed by atoms with Crippen molar-refractivity contribution in [1.29, 1.82) is 0 Å². The predicted octanol–water partition coefficient (Wildman–Crippen LogP) is 1.27. The summed E-state index contributed by atoms with van der Waals surface area (Å²) in [5.74, 6) is 1.29. The van der Waals surface area contributed by atoms with Gasteiger partial charge in [0.2, 0.25) is 0 Å². The molecule has 2 aromatic heterocycles. The van der Waals surface area contributed by atoms with E-state index in [1.165, 1.54) is 23.9 Å². The number of pyridine rings is 1. The van der Waals surface area contributed by atoms with Crippen LogP contribution < -0.4 is 16.3 Å². The van der Waals surface area contributed by atoms with Crippen molar-refractivity contribution in [2.45, 2.75) is 18.9 Å². The average Bonchev–Trinajstić information content (AvgIpc) is 3.23. The van der Waals surface area contributed by atoms with Crippen molar-refractivity contribution < 1.29 is 0 Å². The Balaban J connectivity index is 1.74. The third-order valence-electron chi connectivity index (χ3n) is 4.18. The van der Waals surface area contributed by atoms with E-state index in [1.54, 1.807) is 0 Å². The lowest BCUT2D eigenvalue weighted by Gasteiger charge is -2.14. The predicted molar refractivity (Wildman–Crippen MR) is 89.0 cm³/mol. The molecular weight excluding hydrogens is 292 g/mol. The lowest BCUT2D eigenvalue weighted by atomic mass is 10.1.